The highest BCUT2D eigenvalue weighted by atomic mass is 32.2. The van der Waals surface area contributed by atoms with Gasteiger partial charge in [-0.3, -0.25) is 14.5 Å². The van der Waals surface area contributed by atoms with Crippen molar-refractivity contribution in [2.24, 2.45) is 0 Å². The molecule has 0 saturated carbocycles. The second kappa shape index (κ2) is 8.68. The Hall–Kier alpha value is -2.59. The van der Waals surface area contributed by atoms with Crippen LogP contribution in [0.2, 0.25) is 0 Å². The van der Waals surface area contributed by atoms with Gasteiger partial charge in [0.25, 0.3) is 5.91 Å². The maximum Gasteiger partial charge on any atom is 0.341 e. The highest BCUT2D eigenvalue weighted by Crippen LogP contribution is 2.37. The Bertz CT molecular complexity index is 791. The van der Waals surface area contributed by atoms with Gasteiger partial charge in [-0.15, -0.1) is 0 Å². The van der Waals surface area contributed by atoms with Crippen LogP contribution in [0, 0.1) is 0 Å². The Morgan fingerprint density at radius 1 is 1.27 bits per heavy atom. The Balaban J connectivity index is 2.38. The van der Waals surface area contributed by atoms with Crippen molar-refractivity contribution in [2.75, 3.05) is 19.8 Å². The van der Waals surface area contributed by atoms with Gasteiger partial charge in [-0.2, -0.15) is 0 Å². The van der Waals surface area contributed by atoms with Crippen LogP contribution in [0.25, 0.3) is 6.08 Å². The molecule has 0 aliphatic carbocycles. The minimum atomic E-state index is -1.17. The van der Waals surface area contributed by atoms with E-state index in [1.165, 1.54) is 6.08 Å². The SMILES string of the molecule is CCOc1cccc(/C=C2/SC(=S)N(CC(=O)O)C2=O)c1OCC(=O)O. The molecule has 1 amide bonds. The molecule has 0 spiro atoms. The number of carboxylic acid groups (broad SMARTS) is 2. The summed E-state index contributed by atoms with van der Waals surface area (Å²) in [7, 11) is 0. The van der Waals surface area contributed by atoms with Crippen molar-refractivity contribution in [3.8, 4) is 11.5 Å². The van der Waals surface area contributed by atoms with Gasteiger partial charge in [-0.05, 0) is 19.1 Å². The molecule has 1 heterocycles. The predicted molar refractivity (Wildman–Crippen MR) is 98.3 cm³/mol. The lowest BCUT2D eigenvalue weighted by atomic mass is 10.1. The highest BCUT2D eigenvalue weighted by molar-refractivity contribution is 8.26. The maximum absolute atomic E-state index is 12.4. The molecule has 1 saturated heterocycles. The Labute approximate surface area is 158 Å². The summed E-state index contributed by atoms with van der Waals surface area (Å²) in [6, 6.07) is 4.92. The average Bonchev–Trinajstić information content (AvgIpc) is 2.81. The lowest BCUT2D eigenvalue weighted by molar-refractivity contribution is -0.140. The third-order valence-corrected chi connectivity index (χ3v) is 4.48. The number of carboxylic acids is 2. The molecule has 2 rings (SSSR count). The quantitative estimate of drug-likeness (QED) is 0.501. The number of carbonyl (C=O) groups is 3. The summed E-state index contributed by atoms with van der Waals surface area (Å²) < 4.78 is 10.9. The first-order valence-electron chi connectivity index (χ1n) is 7.41. The van der Waals surface area contributed by atoms with Crippen molar-refractivity contribution in [1.29, 1.82) is 0 Å². The summed E-state index contributed by atoms with van der Waals surface area (Å²) in [4.78, 5) is 35.2. The molecule has 0 aromatic heterocycles. The smallest absolute Gasteiger partial charge is 0.341 e. The van der Waals surface area contributed by atoms with E-state index in [-0.39, 0.29) is 15.0 Å². The molecule has 0 bridgehead atoms. The van der Waals surface area contributed by atoms with Gasteiger partial charge in [0, 0.05) is 5.56 Å². The first-order chi connectivity index (χ1) is 12.3. The third kappa shape index (κ3) is 4.73. The number of rotatable bonds is 8. The van der Waals surface area contributed by atoms with Gasteiger partial charge in [-0.1, -0.05) is 36.1 Å². The van der Waals surface area contributed by atoms with Crippen molar-refractivity contribution in [2.45, 2.75) is 6.92 Å². The van der Waals surface area contributed by atoms with Gasteiger partial charge in [0.05, 0.1) is 11.5 Å². The van der Waals surface area contributed by atoms with Gasteiger partial charge >= 0.3 is 11.9 Å². The minimum Gasteiger partial charge on any atom is -0.490 e. The summed E-state index contributed by atoms with van der Waals surface area (Å²) in [6.45, 7) is 1.01. The van der Waals surface area contributed by atoms with Gasteiger partial charge in [0.1, 0.15) is 10.9 Å². The second-order valence-electron chi connectivity index (χ2n) is 4.95. The van der Waals surface area contributed by atoms with Crippen LogP contribution in [0.5, 0.6) is 11.5 Å². The van der Waals surface area contributed by atoms with Crippen molar-refractivity contribution >= 4 is 52.2 Å². The van der Waals surface area contributed by atoms with Crippen molar-refractivity contribution in [3.63, 3.8) is 0 Å². The zero-order valence-corrected chi connectivity index (χ0v) is 15.3. The number of thioether (sulfide) groups is 1. The van der Waals surface area contributed by atoms with Crippen LogP contribution in [-0.4, -0.2) is 57.0 Å². The number of nitrogens with zero attached hydrogens (tertiary/aromatic N) is 1. The summed E-state index contributed by atoms with van der Waals surface area (Å²) in [5.74, 6) is -2.35. The molecule has 26 heavy (non-hydrogen) atoms. The molecule has 10 heteroatoms. The van der Waals surface area contributed by atoms with E-state index in [0.29, 0.717) is 17.9 Å². The molecule has 0 atom stereocenters. The molecule has 1 aliphatic heterocycles. The second-order valence-corrected chi connectivity index (χ2v) is 6.63. The number of para-hydroxylation sites is 1. The monoisotopic (exact) mass is 397 g/mol. The zero-order chi connectivity index (χ0) is 19.3. The number of thiocarbonyl (C=S) groups is 1. The van der Waals surface area contributed by atoms with E-state index in [2.05, 4.69) is 0 Å². The Morgan fingerprint density at radius 3 is 2.62 bits per heavy atom. The standard InChI is InChI=1S/C16H15NO7S2/c1-2-23-10-5-3-4-9(14(10)24-8-13(20)21)6-11-15(22)17(7-12(18)19)16(25)26-11/h3-6H,2,7-8H2,1H3,(H,18,19)(H,20,21)/b11-6+. The lowest BCUT2D eigenvalue weighted by Crippen LogP contribution is -2.33. The number of hydrogen-bond acceptors (Lipinski definition) is 7. The van der Waals surface area contributed by atoms with Crippen LogP contribution in [0.1, 0.15) is 12.5 Å². The lowest BCUT2D eigenvalue weighted by Gasteiger charge is -2.13. The summed E-state index contributed by atoms with van der Waals surface area (Å²) in [6.07, 6.45) is 1.47. The highest BCUT2D eigenvalue weighted by Gasteiger charge is 2.33. The average molecular weight is 397 g/mol. The number of aliphatic carboxylic acids is 2. The largest absolute Gasteiger partial charge is 0.490 e. The van der Waals surface area contributed by atoms with Gasteiger partial charge in [-0.25, -0.2) is 4.79 Å². The van der Waals surface area contributed by atoms with Crippen LogP contribution < -0.4 is 9.47 Å². The van der Waals surface area contributed by atoms with E-state index in [1.807, 2.05) is 0 Å². The van der Waals surface area contributed by atoms with Crippen LogP contribution >= 0.6 is 24.0 Å². The molecule has 1 aliphatic rings. The van der Waals surface area contributed by atoms with Crippen molar-refractivity contribution < 1.29 is 34.1 Å². The first-order valence-corrected chi connectivity index (χ1v) is 8.63. The topological polar surface area (TPSA) is 113 Å². The van der Waals surface area contributed by atoms with Crippen molar-refractivity contribution in [3.05, 3.63) is 28.7 Å². The molecule has 1 aromatic carbocycles. The normalized spacial score (nSPS) is 15.4. The molecule has 0 radical (unpaired) electrons. The summed E-state index contributed by atoms with van der Waals surface area (Å²) in [5.41, 5.74) is 0.424. The van der Waals surface area contributed by atoms with Crippen molar-refractivity contribution in [1.82, 2.24) is 4.90 Å². The maximum atomic E-state index is 12.4. The van der Waals surface area contributed by atoms with E-state index in [0.717, 1.165) is 16.7 Å². The number of amides is 1. The fraction of sp³-hybridized carbons (Fsp3) is 0.250. The van der Waals surface area contributed by atoms with Crippen LogP contribution in [0.4, 0.5) is 0 Å². The molecule has 2 N–H and O–H groups in total. The molecular formula is C16H15NO7S2. The van der Waals surface area contributed by atoms with E-state index < -0.39 is 31.0 Å². The molecule has 1 fully saturated rings. The number of benzene rings is 1. The molecule has 8 nitrogen and oxygen atoms in total. The van der Waals surface area contributed by atoms with Gasteiger partial charge in [0.15, 0.2) is 18.1 Å². The predicted octanol–water partition coefficient (Wildman–Crippen LogP) is 1.83. The molecular weight excluding hydrogens is 382 g/mol. The number of hydrogen-bond donors (Lipinski definition) is 2. The Morgan fingerprint density at radius 2 is 2.00 bits per heavy atom. The Kier molecular flexibility index (Phi) is 6.58. The van der Waals surface area contributed by atoms with Gasteiger partial charge in [0.2, 0.25) is 0 Å². The zero-order valence-electron chi connectivity index (χ0n) is 13.6. The summed E-state index contributed by atoms with van der Waals surface area (Å²) in [5, 5.41) is 17.7. The van der Waals surface area contributed by atoms with E-state index in [4.69, 9.17) is 31.9 Å². The first kappa shape index (κ1) is 19.7. The van der Waals surface area contributed by atoms with E-state index in [1.54, 1.807) is 25.1 Å². The van der Waals surface area contributed by atoms with Crippen LogP contribution in [0.3, 0.4) is 0 Å². The molecule has 138 valence electrons. The third-order valence-electron chi connectivity index (χ3n) is 3.10. The fourth-order valence-corrected chi connectivity index (χ4v) is 3.36. The fourth-order valence-electron chi connectivity index (χ4n) is 2.12. The van der Waals surface area contributed by atoms with Crippen LogP contribution in [0.15, 0.2) is 23.1 Å². The number of ether oxygens (including phenoxy) is 2. The minimum absolute atomic E-state index is 0.137. The summed E-state index contributed by atoms with van der Waals surface area (Å²) >= 11 is 6.01. The van der Waals surface area contributed by atoms with Gasteiger partial charge < -0.3 is 19.7 Å². The molecule has 0 unspecified atom stereocenters. The molecule has 1 aromatic rings. The van der Waals surface area contributed by atoms with Crippen LogP contribution in [-0.2, 0) is 14.4 Å². The van der Waals surface area contributed by atoms with E-state index >= 15 is 0 Å². The number of carbonyl (C=O) groups excluding carboxylic acids is 1. The van der Waals surface area contributed by atoms with E-state index in [9.17, 15) is 14.4 Å².